The van der Waals surface area contributed by atoms with Gasteiger partial charge in [-0.15, -0.1) is 0 Å². The van der Waals surface area contributed by atoms with Gasteiger partial charge in [-0.2, -0.15) is 0 Å². The smallest absolute Gasteiger partial charge is 0.0605 e. The van der Waals surface area contributed by atoms with Crippen molar-refractivity contribution in [1.82, 2.24) is 4.90 Å². The molecule has 5 rings (SSSR count). The highest BCUT2D eigenvalue weighted by Gasteiger charge is 2.27. The van der Waals surface area contributed by atoms with Gasteiger partial charge in [-0.05, 0) is 80.1 Å². The van der Waals surface area contributed by atoms with E-state index >= 15 is 0 Å². The van der Waals surface area contributed by atoms with Crippen molar-refractivity contribution in [2.75, 3.05) is 75.9 Å². The standard InChI is InChI=1S/C30H47N3O2/c1-30(2)12-6-25(7-13-30)28-22-26(32-14-8-27(34-3)9-15-32)4-5-29(28)33-18-16-31(17-19-33)23-24-10-20-35-21-11-24/h4-6,22,24,27H,7-21,23H2,1-3H3. The third-order valence-corrected chi connectivity index (χ3v) is 9.01. The molecule has 0 atom stereocenters. The lowest BCUT2D eigenvalue weighted by Crippen LogP contribution is -2.48. The lowest BCUT2D eigenvalue weighted by atomic mass is 9.76. The number of benzene rings is 1. The molecule has 0 radical (unpaired) electrons. The number of hydrogen-bond donors (Lipinski definition) is 0. The molecule has 0 saturated carbocycles. The Morgan fingerprint density at radius 2 is 1.69 bits per heavy atom. The number of methoxy groups -OCH3 is 1. The Balaban J connectivity index is 1.31. The highest BCUT2D eigenvalue weighted by molar-refractivity contribution is 5.80. The maximum absolute atomic E-state index is 5.62. The number of ether oxygens (including phenoxy) is 2. The van der Waals surface area contributed by atoms with Gasteiger partial charge in [-0.3, -0.25) is 4.90 Å². The molecule has 1 aliphatic carbocycles. The molecule has 0 aromatic heterocycles. The first-order chi connectivity index (χ1) is 17.0. The second-order valence-electron chi connectivity index (χ2n) is 12.1. The topological polar surface area (TPSA) is 28.2 Å². The van der Waals surface area contributed by atoms with Gasteiger partial charge in [0, 0.05) is 83.1 Å². The summed E-state index contributed by atoms with van der Waals surface area (Å²) in [6.45, 7) is 14.8. The Hall–Kier alpha value is -1.56. The summed E-state index contributed by atoms with van der Waals surface area (Å²) in [5.74, 6) is 0.822. The molecule has 0 unspecified atom stereocenters. The second kappa shape index (κ2) is 11.2. The molecular weight excluding hydrogens is 434 g/mol. The summed E-state index contributed by atoms with van der Waals surface area (Å²) in [7, 11) is 1.85. The van der Waals surface area contributed by atoms with E-state index in [0.717, 1.165) is 58.2 Å². The van der Waals surface area contributed by atoms with Gasteiger partial charge in [-0.1, -0.05) is 19.9 Å². The van der Waals surface area contributed by atoms with Crippen molar-refractivity contribution in [3.8, 4) is 0 Å². The molecule has 0 spiro atoms. The Morgan fingerprint density at radius 1 is 0.943 bits per heavy atom. The van der Waals surface area contributed by atoms with Crippen LogP contribution >= 0.6 is 0 Å². The van der Waals surface area contributed by atoms with Crippen molar-refractivity contribution in [3.63, 3.8) is 0 Å². The molecule has 3 heterocycles. The molecule has 0 amide bonds. The number of piperazine rings is 1. The molecule has 3 aliphatic heterocycles. The quantitative estimate of drug-likeness (QED) is 0.539. The summed E-state index contributed by atoms with van der Waals surface area (Å²) < 4.78 is 11.2. The van der Waals surface area contributed by atoms with Crippen molar-refractivity contribution in [2.45, 2.75) is 64.9 Å². The van der Waals surface area contributed by atoms with E-state index in [1.807, 2.05) is 7.11 Å². The van der Waals surface area contributed by atoms with Crippen LogP contribution in [-0.2, 0) is 9.47 Å². The van der Waals surface area contributed by atoms with Gasteiger partial charge in [0.2, 0.25) is 0 Å². The number of anilines is 2. The SMILES string of the molecule is COC1CCN(c2ccc(N3CCN(CC4CCOCC4)CC3)c(C3=CCC(C)(C)CC3)c2)CC1. The lowest BCUT2D eigenvalue weighted by Gasteiger charge is -2.40. The van der Waals surface area contributed by atoms with Crippen LogP contribution in [0.15, 0.2) is 24.3 Å². The van der Waals surface area contributed by atoms with E-state index in [1.54, 1.807) is 5.57 Å². The van der Waals surface area contributed by atoms with E-state index in [0.29, 0.717) is 11.5 Å². The fourth-order valence-electron chi connectivity index (χ4n) is 6.39. The van der Waals surface area contributed by atoms with E-state index in [-0.39, 0.29) is 0 Å². The summed E-state index contributed by atoms with van der Waals surface area (Å²) in [6, 6.07) is 7.33. The maximum atomic E-state index is 5.62. The first-order valence-corrected chi connectivity index (χ1v) is 14.2. The van der Waals surface area contributed by atoms with Gasteiger partial charge in [0.1, 0.15) is 0 Å². The van der Waals surface area contributed by atoms with Crippen LogP contribution in [0.2, 0.25) is 0 Å². The molecular formula is C30H47N3O2. The fraction of sp³-hybridized carbons (Fsp3) is 0.733. The number of piperidine rings is 1. The summed E-state index contributed by atoms with van der Waals surface area (Å²) in [5, 5.41) is 0. The van der Waals surface area contributed by atoms with Crippen LogP contribution in [0.1, 0.15) is 64.4 Å². The molecule has 5 heteroatoms. The number of nitrogens with zero attached hydrogens (tertiary/aromatic N) is 3. The minimum Gasteiger partial charge on any atom is -0.381 e. The normalized spacial score (nSPS) is 25.1. The Morgan fingerprint density at radius 3 is 2.34 bits per heavy atom. The van der Waals surface area contributed by atoms with Crippen LogP contribution < -0.4 is 9.80 Å². The highest BCUT2D eigenvalue weighted by atomic mass is 16.5. The van der Waals surface area contributed by atoms with Crippen LogP contribution in [0.4, 0.5) is 11.4 Å². The summed E-state index contributed by atoms with van der Waals surface area (Å²) in [5.41, 5.74) is 6.33. The first-order valence-electron chi connectivity index (χ1n) is 14.2. The van der Waals surface area contributed by atoms with E-state index in [1.165, 1.54) is 68.7 Å². The molecule has 194 valence electrons. The Bertz CT molecular complexity index is 860. The fourth-order valence-corrected chi connectivity index (χ4v) is 6.39. The van der Waals surface area contributed by atoms with Crippen molar-refractivity contribution in [2.24, 2.45) is 11.3 Å². The molecule has 4 aliphatic rings. The van der Waals surface area contributed by atoms with Crippen LogP contribution in [0.5, 0.6) is 0 Å². The van der Waals surface area contributed by atoms with Gasteiger partial charge >= 0.3 is 0 Å². The van der Waals surface area contributed by atoms with Gasteiger partial charge in [0.15, 0.2) is 0 Å². The second-order valence-corrected chi connectivity index (χ2v) is 12.1. The van der Waals surface area contributed by atoms with E-state index in [9.17, 15) is 0 Å². The molecule has 0 N–H and O–H groups in total. The predicted molar refractivity (Wildman–Crippen MR) is 146 cm³/mol. The highest BCUT2D eigenvalue weighted by Crippen LogP contribution is 2.42. The van der Waals surface area contributed by atoms with Crippen molar-refractivity contribution >= 4 is 16.9 Å². The van der Waals surface area contributed by atoms with E-state index < -0.39 is 0 Å². The average molecular weight is 482 g/mol. The van der Waals surface area contributed by atoms with Crippen LogP contribution in [-0.4, -0.2) is 77.1 Å². The zero-order valence-corrected chi connectivity index (χ0v) is 22.4. The van der Waals surface area contributed by atoms with Crippen LogP contribution in [0, 0.1) is 11.3 Å². The van der Waals surface area contributed by atoms with E-state index in [4.69, 9.17) is 9.47 Å². The monoisotopic (exact) mass is 481 g/mol. The predicted octanol–water partition coefficient (Wildman–Crippen LogP) is 5.44. The summed E-state index contributed by atoms with van der Waals surface area (Å²) >= 11 is 0. The summed E-state index contributed by atoms with van der Waals surface area (Å²) in [6.07, 6.45) is 11.3. The largest absolute Gasteiger partial charge is 0.381 e. The third-order valence-electron chi connectivity index (χ3n) is 9.01. The van der Waals surface area contributed by atoms with Gasteiger partial charge in [0.25, 0.3) is 0 Å². The van der Waals surface area contributed by atoms with Crippen molar-refractivity contribution in [3.05, 3.63) is 29.8 Å². The molecule has 1 aromatic rings. The lowest BCUT2D eigenvalue weighted by molar-refractivity contribution is 0.0517. The summed E-state index contributed by atoms with van der Waals surface area (Å²) in [4.78, 5) is 7.93. The number of allylic oxidation sites excluding steroid dienone is 2. The Kier molecular flexibility index (Phi) is 8.05. The number of rotatable bonds is 6. The molecule has 0 bridgehead atoms. The minimum absolute atomic E-state index is 0.422. The minimum atomic E-state index is 0.422. The first kappa shape index (κ1) is 25.1. The molecule has 35 heavy (non-hydrogen) atoms. The average Bonchev–Trinajstić information content (AvgIpc) is 2.90. The Labute approximate surface area is 213 Å². The van der Waals surface area contributed by atoms with Crippen molar-refractivity contribution < 1.29 is 9.47 Å². The van der Waals surface area contributed by atoms with Gasteiger partial charge in [0.05, 0.1) is 6.10 Å². The van der Waals surface area contributed by atoms with Gasteiger partial charge in [-0.25, -0.2) is 0 Å². The van der Waals surface area contributed by atoms with Crippen LogP contribution in [0.3, 0.4) is 0 Å². The van der Waals surface area contributed by atoms with Crippen LogP contribution in [0.25, 0.3) is 5.57 Å². The maximum Gasteiger partial charge on any atom is 0.0605 e. The molecule has 5 nitrogen and oxygen atoms in total. The third kappa shape index (κ3) is 6.23. The molecule has 3 saturated heterocycles. The van der Waals surface area contributed by atoms with E-state index in [2.05, 4.69) is 52.8 Å². The molecule has 3 fully saturated rings. The van der Waals surface area contributed by atoms with Gasteiger partial charge < -0.3 is 19.3 Å². The van der Waals surface area contributed by atoms with Crippen molar-refractivity contribution in [1.29, 1.82) is 0 Å². The number of hydrogen-bond acceptors (Lipinski definition) is 5. The zero-order chi connectivity index (χ0) is 24.3. The molecule has 1 aromatic carbocycles. The zero-order valence-electron chi connectivity index (χ0n) is 22.4.